The smallest absolute Gasteiger partial charge is 0.261 e. The number of carbonyl (C=O) groups is 1. The van der Waals surface area contributed by atoms with E-state index in [1.807, 2.05) is 31.2 Å². The lowest BCUT2D eigenvalue weighted by atomic mass is 10.0. The van der Waals surface area contributed by atoms with E-state index in [-0.39, 0.29) is 5.91 Å². The Balaban J connectivity index is 1.25. The minimum absolute atomic E-state index is 0.0609. The minimum Gasteiger partial charge on any atom is -0.480 e. The number of ether oxygens (including phenoxy) is 1. The van der Waals surface area contributed by atoms with E-state index in [4.69, 9.17) is 4.74 Å². The van der Waals surface area contributed by atoms with E-state index in [1.165, 1.54) is 24.8 Å². The number of para-hydroxylation sites is 1. The highest BCUT2D eigenvalue weighted by Crippen LogP contribution is 2.27. The van der Waals surface area contributed by atoms with Gasteiger partial charge in [-0.1, -0.05) is 18.2 Å². The molecule has 1 atom stereocenters. The molecule has 2 aliphatic rings. The van der Waals surface area contributed by atoms with Crippen LogP contribution in [-0.2, 0) is 11.2 Å². The topological polar surface area (TPSA) is 79.4 Å². The molecule has 0 spiro atoms. The number of amides is 1. The Bertz CT molecular complexity index is 851. The molecule has 0 aliphatic carbocycles. The van der Waals surface area contributed by atoms with Crippen LogP contribution in [0.2, 0.25) is 0 Å². The van der Waals surface area contributed by atoms with Gasteiger partial charge in [-0.3, -0.25) is 4.79 Å². The first-order valence-corrected chi connectivity index (χ1v) is 10.6. The summed E-state index contributed by atoms with van der Waals surface area (Å²) in [5, 5.41) is 6.27. The fraction of sp³-hybridized carbons (Fsp3) is 0.500. The third kappa shape index (κ3) is 4.96. The number of anilines is 2. The molecular weight excluding hydrogens is 366 g/mol. The van der Waals surface area contributed by atoms with Gasteiger partial charge in [-0.25, -0.2) is 9.97 Å². The van der Waals surface area contributed by atoms with Crippen molar-refractivity contribution in [3.8, 4) is 5.75 Å². The van der Waals surface area contributed by atoms with Crippen LogP contribution < -0.4 is 20.3 Å². The molecule has 2 aromatic rings. The third-order valence-corrected chi connectivity index (χ3v) is 5.44. The van der Waals surface area contributed by atoms with E-state index >= 15 is 0 Å². The largest absolute Gasteiger partial charge is 0.480 e. The average molecular weight is 396 g/mol. The maximum atomic E-state index is 12.4. The molecule has 1 fully saturated rings. The van der Waals surface area contributed by atoms with Crippen LogP contribution in [0.1, 0.15) is 37.1 Å². The van der Waals surface area contributed by atoms with Gasteiger partial charge in [0.25, 0.3) is 5.91 Å². The van der Waals surface area contributed by atoms with Crippen molar-refractivity contribution in [2.75, 3.05) is 36.4 Å². The van der Waals surface area contributed by atoms with E-state index in [0.29, 0.717) is 19.5 Å². The second-order valence-corrected chi connectivity index (χ2v) is 7.68. The highest BCUT2D eigenvalue weighted by Gasteiger charge is 2.25. The van der Waals surface area contributed by atoms with Crippen LogP contribution in [0, 0.1) is 6.92 Å². The van der Waals surface area contributed by atoms with Crippen molar-refractivity contribution >= 4 is 17.5 Å². The Morgan fingerprint density at radius 3 is 2.86 bits per heavy atom. The number of benzene rings is 1. The van der Waals surface area contributed by atoms with E-state index in [1.54, 1.807) is 0 Å². The first-order chi connectivity index (χ1) is 14.2. The number of aromatic nitrogens is 2. The lowest BCUT2D eigenvalue weighted by molar-refractivity contribution is -0.128. The van der Waals surface area contributed by atoms with Gasteiger partial charge in [0.05, 0.1) is 0 Å². The number of nitrogens with zero attached hydrogens (tertiary/aromatic N) is 3. The maximum Gasteiger partial charge on any atom is 0.261 e. The van der Waals surface area contributed by atoms with Crippen molar-refractivity contribution < 1.29 is 9.53 Å². The Kier molecular flexibility index (Phi) is 6.12. The molecule has 0 bridgehead atoms. The fourth-order valence-corrected chi connectivity index (χ4v) is 3.93. The van der Waals surface area contributed by atoms with Gasteiger partial charge in [0.15, 0.2) is 6.10 Å². The molecule has 154 valence electrons. The number of carbonyl (C=O) groups excluding carboxylic acids is 1. The van der Waals surface area contributed by atoms with Crippen molar-refractivity contribution in [3.05, 3.63) is 41.7 Å². The van der Waals surface area contributed by atoms with Crippen LogP contribution in [0.15, 0.2) is 30.3 Å². The summed E-state index contributed by atoms with van der Waals surface area (Å²) in [6.45, 7) is 5.14. The van der Waals surface area contributed by atoms with Gasteiger partial charge in [-0.15, -0.1) is 0 Å². The monoisotopic (exact) mass is 395 g/mol. The Hall–Kier alpha value is -2.83. The summed E-state index contributed by atoms with van der Waals surface area (Å²) in [7, 11) is 0. The van der Waals surface area contributed by atoms with Crippen LogP contribution in [-0.4, -0.2) is 48.2 Å². The van der Waals surface area contributed by atoms with Crippen LogP contribution >= 0.6 is 0 Å². The molecule has 1 amide bonds. The van der Waals surface area contributed by atoms with Gasteiger partial charge >= 0.3 is 0 Å². The first-order valence-electron chi connectivity index (χ1n) is 10.6. The standard InChI is InChI=1S/C22H29N5O2/c1-16-25-20(15-21(26-16)27-13-5-2-6-14-27)23-11-12-24-22(28)19-10-9-17-7-3-4-8-18(17)29-19/h3-4,7-8,15,19H,2,5-6,9-14H2,1H3,(H,24,28)(H,23,25,26). The summed E-state index contributed by atoms with van der Waals surface area (Å²) in [5.74, 6) is 3.30. The fourth-order valence-electron chi connectivity index (χ4n) is 3.93. The molecule has 7 nitrogen and oxygen atoms in total. The molecule has 1 aromatic carbocycles. The normalized spacial score (nSPS) is 18.5. The molecule has 0 saturated carbocycles. The number of rotatable bonds is 6. The molecule has 2 aliphatic heterocycles. The Labute approximate surface area is 171 Å². The second kappa shape index (κ2) is 9.11. The van der Waals surface area contributed by atoms with Crippen LogP contribution in [0.3, 0.4) is 0 Å². The zero-order valence-electron chi connectivity index (χ0n) is 17.0. The maximum absolute atomic E-state index is 12.4. The molecule has 1 unspecified atom stereocenters. The van der Waals surface area contributed by atoms with Crippen molar-refractivity contribution in [1.82, 2.24) is 15.3 Å². The summed E-state index contributed by atoms with van der Waals surface area (Å²) in [5.41, 5.74) is 1.17. The zero-order chi connectivity index (χ0) is 20.1. The predicted octanol–water partition coefficient (Wildman–Crippen LogP) is 2.70. The molecular formula is C22H29N5O2. The highest BCUT2D eigenvalue weighted by atomic mass is 16.5. The lowest BCUT2D eigenvalue weighted by Gasteiger charge is -2.28. The van der Waals surface area contributed by atoms with Gasteiger partial charge < -0.3 is 20.3 Å². The van der Waals surface area contributed by atoms with Crippen molar-refractivity contribution in [3.63, 3.8) is 0 Å². The van der Waals surface area contributed by atoms with E-state index < -0.39 is 6.10 Å². The van der Waals surface area contributed by atoms with Gasteiger partial charge in [0.2, 0.25) is 0 Å². The number of fused-ring (bicyclic) bond motifs is 1. The van der Waals surface area contributed by atoms with Crippen LogP contribution in [0.5, 0.6) is 5.75 Å². The summed E-state index contributed by atoms with van der Waals surface area (Å²) in [6.07, 6.45) is 4.88. The summed E-state index contributed by atoms with van der Waals surface area (Å²) in [6, 6.07) is 9.91. The number of hydrogen-bond acceptors (Lipinski definition) is 6. The molecule has 1 aromatic heterocycles. The number of aryl methyl sites for hydroxylation is 2. The summed E-state index contributed by atoms with van der Waals surface area (Å²) >= 11 is 0. The van der Waals surface area contributed by atoms with E-state index in [9.17, 15) is 4.79 Å². The van der Waals surface area contributed by atoms with Crippen molar-refractivity contribution in [1.29, 1.82) is 0 Å². The molecule has 7 heteroatoms. The zero-order valence-corrected chi connectivity index (χ0v) is 17.0. The molecule has 2 N–H and O–H groups in total. The SMILES string of the molecule is Cc1nc(NCCNC(=O)C2CCc3ccccc3O2)cc(N2CCCCC2)n1. The molecule has 3 heterocycles. The minimum atomic E-state index is -0.420. The van der Waals surface area contributed by atoms with Gasteiger partial charge in [0, 0.05) is 32.2 Å². The van der Waals surface area contributed by atoms with Crippen LogP contribution in [0.25, 0.3) is 0 Å². The molecule has 29 heavy (non-hydrogen) atoms. The predicted molar refractivity (Wildman–Crippen MR) is 114 cm³/mol. The summed E-state index contributed by atoms with van der Waals surface area (Å²) in [4.78, 5) is 23.8. The first kappa shape index (κ1) is 19.5. The number of hydrogen-bond donors (Lipinski definition) is 2. The Morgan fingerprint density at radius 1 is 1.17 bits per heavy atom. The number of nitrogens with one attached hydrogen (secondary N) is 2. The second-order valence-electron chi connectivity index (χ2n) is 7.68. The highest BCUT2D eigenvalue weighted by molar-refractivity contribution is 5.81. The van der Waals surface area contributed by atoms with Crippen LogP contribution in [0.4, 0.5) is 11.6 Å². The van der Waals surface area contributed by atoms with Gasteiger partial charge in [-0.2, -0.15) is 0 Å². The average Bonchev–Trinajstić information content (AvgIpc) is 2.76. The van der Waals surface area contributed by atoms with Crippen molar-refractivity contribution in [2.45, 2.75) is 45.1 Å². The van der Waals surface area contributed by atoms with Gasteiger partial charge in [0.1, 0.15) is 23.2 Å². The molecule has 0 radical (unpaired) electrons. The number of piperidine rings is 1. The Morgan fingerprint density at radius 2 is 2.00 bits per heavy atom. The summed E-state index contributed by atoms with van der Waals surface area (Å²) < 4.78 is 5.85. The lowest BCUT2D eigenvalue weighted by Crippen LogP contribution is -2.42. The molecule has 4 rings (SSSR count). The van der Waals surface area contributed by atoms with Gasteiger partial charge in [-0.05, 0) is 50.7 Å². The quantitative estimate of drug-likeness (QED) is 0.732. The van der Waals surface area contributed by atoms with E-state index in [0.717, 1.165) is 42.7 Å². The van der Waals surface area contributed by atoms with E-state index in [2.05, 4.69) is 31.6 Å². The molecule has 1 saturated heterocycles. The third-order valence-electron chi connectivity index (χ3n) is 5.44. The van der Waals surface area contributed by atoms with Crippen molar-refractivity contribution in [2.24, 2.45) is 0 Å².